The molecule has 0 radical (unpaired) electrons. The fourth-order valence-electron chi connectivity index (χ4n) is 2.52. The van der Waals surface area contributed by atoms with Crippen molar-refractivity contribution in [1.29, 1.82) is 0 Å². The summed E-state index contributed by atoms with van der Waals surface area (Å²) in [5.74, 6) is 1.28. The summed E-state index contributed by atoms with van der Waals surface area (Å²) in [4.78, 5) is 11.9. The lowest BCUT2D eigenvalue weighted by molar-refractivity contribution is -0.119. The second-order valence-corrected chi connectivity index (χ2v) is 6.53. The van der Waals surface area contributed by atoms with Crippen LogP contribution in [0, 0.1) is 5.92 Å². The molecule has 0 spiro atoms. The molecule has 1 amide bonds. The number of amides is 1. The van der Waals surface area contributed by atoms with E-state index in [4.69, 9.17) is 4.74 Å². The van der Waals surface area contributed by atoms with Crippen LogP contribution in [-0.2, 0) is 9.53 Å². The Morgan fingerprint density at radius 2 is 2.22 bits per heavy atom. The van der Waals surface area contributed by atoms with E-state index in [9.17, 15) is 4.79 Å². The molecule has 0 aromatic heterocycles. The standard InChI is InChI=1S/C13H24N2O2S/c1-10(11-4-7-17-8-11)15-13(16)9-18-12-2-5-14-6-3-12/h10-12,14H,2-9H2,1H3,(H,15,16). The average Bonchev–Trinajstić information content (AvgIpc) is 2.91. The summed E-state index contributed by atoms with van der Waals surface area (Å²) in [6.07, 6.45) is 3.44. The lowest BCUT2D eigenvalue weighted by atomic mass is 10.0. The van der Waals surface area contributed by atoms with Crippen molar-refractivity contribution >= 4 is 17.7 Å². The molecule has 2 aliphatic rings. The van der Waals surface area contributed by atoms with Crippen LogP contribution < -0.4 is 10.6 Å². The Labute approximate surface area is 114 Å². The van der Waals surface area contributed by atoms with Crippen LogP contribution in [0.5, 0.6) is 0 Å². The lowest BCUT2D eigenvalue weighted by Crippen LogP contribution is -2.39. The summed E-state index contributed by atoms with van der Waals surface area (Å²) in [6.45, 7) is 5.91. The first-order chi connectivity index (χ1) is 8.75. The van der Waals surface area contributed by atoms with Crippen molar-refractivity contribution in [2.24, 2.45) is 5.92 Å². The van der Waals surface area contributed by atoms with E-state index in [1.165, 1.54) is 12.8 Å². The third-order valence-electron chi connectivity index (χ3n) is 3.80. The van der Waals surface area contributed by atoms with E-state index in [0.717, 1.165) is 32.7 Å². The molecule has 2 heterocycles. The van der Waals surface area contributed by atoms with Gasteiger partial charge in [0.15, 0.2) is 0 Å². The Morgan fingerprint density at radius 3 is 2.89 bits per heavy atom. The molecule has 4 nitrogen and oxygen atoms in total. The van der Waals surface area contributed by atoms with Gasteiger partial charge in [0.05, 0.1) is 12.4 Å². The maximum Gasteiger partial charge on any atom is 0.230 e. The highest BCUT2D eigenvalue weighted by Gasteiger charge is 2.23. The van der Waals surface area contributed by atoms with Crippen molar-refractivity contribution in [2.75, 3.05) is 32.1 Å². The minimum atomic E-state index is 0.179. The van der Waals surface area contributed by atoms with Crippen LogP contribution in [0.4, 0.5) is 0 Å². The van der Waals surface area contributed by atoms with Gasteiger partial charge in [-0.2, -0.15) is 0 Å². The zero-order valence-corrected chi connectivity index (χ0v) is 11.9. The van der Waals surface area contributed by atoms with Gasteiger partial charge in [-0.3, -0.25) is 4.79 Å². The van der Waals surface area contributed by atoms with Gasteiger partial charge in [-0.05, 0) is 39.3 Å². The summed E-state index contributed by atoms with van der Waals surface area (Å²) >= 11 is 1.81. The molecule has 0 aromatic carbocycles. The zero-order valence-electron chi connectivity index (χ0n) is 11.1. The molecule has 2 saturated heterocycles. The SMILES string of the molecule is CC(NC(=O)CSC1CCNCC1)C1CCOC1. The average molecular weight is 272 g/mol. The van der Waals surface area contributed by atoms with Gasteiger partial charge in [-0.25, -0.2) is 0 Å². The monoisotopic (exact) mass is 272 g/mol. The topological polar surface area (TPSA) is 50.4 Å². The van der Waals surface area contributed by atoms with Gasteiger partial charge in [-0.1, -0.05) is 0 Å². The van der Waals surface area contributed by atoms with E-state index in [-0.39, 0.29) is 11.9 Å². The molecular formula is C13H24N2O2S. The lowest BCUT2D eigenvalue weighted by Gasteiger charge is -2.23. The molecule has 0 aromatic rings. The van der Waals surface area contributed by atoms with Gasteiger partial charge in [0, 0.05) is 23.8 Å². The minimum absolute atomic E-state index is 0.179. The van der Waals surface area contributed by atoms with Crippen molar-refractivity contribution in [2.45, 2.75) is 37.5 Å². The van der Waals surface area contributed by atoms with Crippen LogP contribution in [0.1, 0.15) is 26.2 Å². The summed E-state index contributed by atoms with van der Waals surface area (Å²) in [5, 5.41) is 7.10. The van der Waals surface area contributed by atoms with E-state index in [2.05, 4.69) is 17.6 Å². The first-order valence-electron chi connectivity index (χ1n) is 6.95. The van der Waals surface area contributed by atoms with Crippen molar-refractivity contribution in [3.63, 3.8) is 0 Å². The molecule has 104 valence electrons. The summed E-state index contributed by atoms with van der Waals surface area (Å²) < 4.78 is 5.35. The number of ether oxygens (including phenoxy) is 1. The molecule has 2 N–H and O–H groups in total. The normalized spacial score (nSPS) is 27.1. The molecule has 2 rings (SSSR count). The molecular weight excluding hydrogens is 248 g/mol. The second-order valence-electron chi connectivity index (χ2n) is 5.24. The molecule has 2 aliphatic heterocycles. The van der Waals surface area contributed by atoms with Crippen LogP contribution in [-0.4, -0.2) is 49.3 Å². The first-order valence-corrected chi connectivity index (χ1v) is 8.00. The Bertz CT molecular complexity index is 264. The fourth-order valence-corrected chi connectivity index (χ4v) is 3.56. The largest absolute Gasteiger partial charge is 0.381 e. The van der Waals surface area contributed by atoms with Crippen molar-refractivity contribution < 1.29 is 9.53 Å². The highest BCUT2D eigenvalue weighted by molar-refractivity contribution is 8.00. The van der Waals surface area contributed by atoms with Gasteiger partial charge in [0.25, 0.3) is 0 Å². The first kappa shape index (κ1) is 14.2. The Kier molecular flexibility index (Phi) is 5.79. The Balaban J connectivity index is 1.61. The molecule has 0 saturated carbocycles. The van der Waals surface area contributed by atoms with Gasteiger partial charge in [0.1, 0.15) is 0 Å². The number of rotatable bonds is 5. The number of nitrogens with one attached hydrogen (secondary N) is 2. The van der Waals surface area contributed by atoms with Crippen molar-refractivity contribution in [3.8, 4) is 0 Å². The number of hydrogen-bond donors (Lipinski definition) is 2. The predicted molar refractivity (Wildman–Crippen MR) is 74.9 cm³/mol. The zero-order chi connectivity index (χ0) is 12.8. The Hall–Kier alpha value is -0.260. The molecule has 0 bridgehead atoms. The summed E-state index contributed by atoms with van der Waals surface area (Å²) in [7, 11) is 0. The maximum absolute atomic E-state index is 11.9. The molecule has 2 fully saturated rings. The van der Waals surface area contributed by atoms with Crippen LogP contribution in [0.2, 0.25) is 0 Å². The van der Waals surface area contributed by atoms with Crippen LogP contribution >= 0.6 is 11.8 Å². The van der Waals surface area contributed by atoms with E-state index in [0.29, 0.717) is 16.9 Å². The van der Waals surface area contributed by atoms with Crippen LogP contribution in [0.15, 0.2) is 0 Å². The van der Waals surface area contributed by atoms with Gasteiger partial charge in [-0.15, -0.1) is 11.8 Å². The number of hydrogen-bond acceptors (Lipinski definition) is 4. The molecule has 18 heavy (non-hydrogen) atoms. The smallest absolute Gasteiger partial charge is 0.230 e. The minimum Gasteiger partial charge on any atom is -0.381 e. The number of thioether (sulfide) groups is 1. The molecule has 5 heteroatoms. The van der Waals surface area contributed by atoms with Crippen molar-refractivity contribution in [1.82, 2.24) is 10.6 Å². The van der Waals surface area contributed by atoms with E-state index < -0.39 is 0 Å². The second kappa shape index (κ2) is 7.36. The molecule has 2 unspecified atom stereocenters. The van der Waals surface area contributed by atoms with Crippen LogP contribution in [0.25, 0.3) is 0 Å². The van der Waals surface area contributed by atoms with Gasteiger partial charge in [0.2, 0.25) is 5.91 Å². The molecule has 2 atom stereocenters. The van der Waals surface area contributed by atoms with E-state index >= 15 is 0 Å². The number of piperidine rings is 1. The molecule has 0 aliphatic carbocycles. The highest BCUT2D eigenvalue weighted by Crippen LogP contribution is 2.20. The third kappa shape index (κ3) is 4.44. The summed E-state index contributed by atoms with van der Waals surface area (Å²) in [6, 6.07) is 0.244. The fraction of sp³-hybridized carbons (Fsp3) is 0.923. The van der Waals surface area contributed by atoms with E-state index in [1.807, 2.05) is 0 Å². The Morgan fingerprint density at radius 1 is 1.44 bits per heavy atom. The number of carbonyl (C=O) groups excluding carboxylic acids is 1. The maximum atomic E-state index is 11.9. The number of carbonyl (C=O) groups is 1. The quantitative estimate of drug-likeness (QED) is 0.784. The highest BCUT2D eigenvalue weighted by atomic mass is 32.2. The van der Waals surface area contributed by atoms with Gasteiger partial charge >= 0.3 is 0 Å². The van der Waals surface area contributed by atoms with Crippen molar-refractivity contribution in [3.05, 3.63) is 0 Å². The van der Waals surface area contributed by atoms with Crippen LogP contribution in [0.3, 0.4) is 0 Å². The predicted octanol–water partition coefficient (Wildman–Crippen LogP) is 1.01. The third-order valence-corrected chi connectivity index (χ3v) is 5.17. The van der Waals surface area contributed by atoms with Gasteiger partial charge < -0.3 is 15.4 Å². The van der Waals surface area contributed by atoms with E-state index in [1.54, 1.807) is 11.8 Å². The summed E-state index contributed by atoms with van der Waals surface area (Å²) in [5.41, 5.74) is 0.